The Morgan fingerprint density at radius 3 is 1.25 bits per heavy atom. The SMILES string of the molecule is [Ca+2].[H-].[H-].[H-].[H-].[H-].[H-].[K+].[Na+].[Sr+2]. The van der Waals surface area contributed by atoms with Crippen LogP contribution in [0.4, 0.5) is 0 Å². The van der Waals surface area contributed by atoms with E-state index in [1.807, 2.05) is 0 Å². The van der Waals surface area contributed by atoms with Crippen molar-refractivity contribution in [1.82, 2.24) is 0 Å². The Hall–Kier alpha value is 5.38. The molecule has 0 unspecified atom stereocenters. The molecule has 0 aliphatic heterocycles. The Labute approximate surface area is 167 Å². The van der Waals surface area contributed by atoms with Gasteiger partial charge in [-0.3, -0.25) is 0 Å². The monoisotopic (exact) mass is 196 g/mol. The number of hydrogen-bond donors (Lipinski definition) is 0. The summed E-state index contributed by atoms with van der Waals surface area (Å²) in [6.45, 7) is 0. The molecule has 4 heavy (non-hydrogen) atoms. The van der Waals surface area contributed by atoms with Crippen molar-refractivity contribution in [3.63, 3.8) is 0 Å². The molecule has 0 saturated carbocycles. The summed E-state index contributed by atoms with van der Waals surface area (Å²) in [7, 11) is 0. The van der Waals surface area contributed by atoms with Crippen LogP contribution in [0.2, 0.25) is 0 Å². The van der Waals surface area contributed by atoms with E-state index in [4.69, 9.17) is 0 Å². The molecule has 0 heterocycles. The zero-order chi connectivity index (χ0) is 0. The van der Waals surface area contributed by atoms with Crippen LogP contribution in [0.3, 0.4) is 0 Å². The van der Waals surface area contributed by atoms with Gasteiger partial charge in [0.1, 0.15) is 0 Å². The first-order valence-corrected chi connectivity index (χ1v) is 0. The van der Waals surface area contributed by atoms with Gasteiger partial charge in [0.15, 0.2) is 0 Å². The summed E-state index contributed by atoms with van der Waals surface area (Å²) >= 11 is 0. The van der Waals surface area contributed by atoms with Crippen molar-refractivity contribution < 1.29 is 89.5 Å². The largest absolute Gasteiger partial charge is 2.00 e. The van der Waals surface area contributed by atoms with Crippen LogP contribution in [0, 0.1) is 0 Å². The fraction of sp³-hybridized carbons (Fsp3) is 0. The molecule has 0 atom stereocenters. The molecule has 12 valence electrons. The van der Waals surface area contributed by atoms with E-state index in [0.29, 0.717) is 0 Å². The van der Waals surface area contributed by atoms with Gasteiger partial charge in [-0.25, -0.2) is 0 Å². The van der Waals surface area contributed by atoms with Gasteiger partial charge in [0.2, 0.25) is 0 Å². The van der Waals surface area contributed by atoms with E-state index in [0.717, 1.165) is 0 Å². The molecule has 0 aromatic rings. The summed E-state index contributed by atoms with van der Waals surface area (Å²) in [6.07, 6.45) is 0. The van der Waals surface area contributed by atoms with E-state index < -0.39 is 0 Å². The molecule has 0 N–H and O–H groups in total. The second-order valence-electron chi connectivity index (χ2n) is 0. The molecule has 0 aromatic heterocycles. The zero-order valence-corrected chi connectivity index (χ0v) is 14.2. The summed E-state index contributed by atoms with van der Waals surface area (Å²) in [4.78, 5) is 0. The van der Waals surface area contributed by atoms with Crippen LogP contribution in [0.1, 0.15) is 8.56 Å². The number of hydrogen-bond acceptors (Lipinski definition) is 0. The minimum atomic E-state index is 0. The first kappa shape index (κ1) is 22.8. The maximum Gasteiger partial charge on any atom is 2.00 e. The molecular formula is H6CaKNaSr. The second kappa shape index (κ2) is 15.8. The predicted molar refractivity (Wildman–Crippen MR) is 18.2 cm³/mol. The van der Waals surface area contributed by atoms with Gasteiger partial charge in [-0.2, -0.15) is 0 Å². The maximum atomic E-state index is 0. The van der Waals surface area contributed by atoms with Crippen LogP contribution in [0.5, 0.6) is 0 Å². The van der Waals surface area contributed by atoms with Crippen LogP contribution in [0.25, 0.3) is 0 Å². The van der Waals surface area contributed by atoms with Gasteiger partial charge in [0.05, 0.1) is 0 Å². The van der Waals surface area contributed by atoms with Crippen LogP contribution >= 0.6 is 0 Å². The first-order valence-electron chi connectivity index (χ1n) is 0. The van der Waals surface area contributed by atoms with Crippen LogP contribution < -0.4 is 80.9 Å². The zero-order valence-electron chi connectivity index (χ0n) is 9.41. The molecular weight excluding hydrogens is 190 g/mol. The molecule has 0 nitrogen and oxygen atoms in total. The third-order valence-corrected chi connectivity index (χ3v) is 0. The molecule has 0 aliphatic carbocycles. The Balaban J connectivity index is 0. The second-order valence-corrected chi connectivity index (χ2v) is 0. The van der Waals surface area contributed by atoms with Crippen molar-refractivity contribution >= 4 is 83.2 Å². The van der Waals surface area contributed by atoms with Crippen LogP contribution in [-0.2, 0) is 0 Å². The fourth-order valence-corrected chi connectivity index (χ4v) is 0. The summed E-state index contributed by atoms with van der Waals surface area (Å²) in [5.74, 6) is 0. The molecule has 0 aromatic carbocycles. The molecule has 0 radical (unpaired) electrons. The summed E-state index contributed by atoms with van der Waals surface area (Å²) in [5, 5.41) is 0. The van der Waals surface area contributed by atoms with Gasteiger partial charge in [0, 0.05) is 0 Å². The van der Waals surface area contributed by atoms with Gasteiger partial charge in [0.25, 0.3) is 0 Å². The summed E-state index contributed by atoms with van der Waals surface area (Å²) < 4.78 is 0. The molecule has 0 rings (SSSR count). The Bertz CT molecular complexity index is 17.7. The van der Waals surface area contributed by atoms with E-state index in [2.05, 4.69) is 0 Å². The maximum absolute atomic E-state index is 0. The smallest absolute Gasteiger partial charge is 1.00 e. The Kier molecular flexibility index (Phi) is 89.7. The Morgan fingerprint density at radius 2 is 1.25 bits per heavy atom. The standard InChI is InChI=1S/Ca.K.Na.Sr.6H/q+2;2*+1;+2;6*-1. The summed E-state index contributed by atoms with van der Waals surface area (Å²) in [5.41, 5.74) is 0. The predicted octanol–water partition coefficient (Wildman–Crippen LogP) is -6.08. The quantitative estimate of drug-likeness (QED) is 0.338. The van der Waals surface area contributed by atoms with Crippen LogP contribution in [-0.4, -0.2) is 83.2 Å². The Morgan fingerprint density at radius 1 is 1.25 bits per heavy atom. The first-order chi connectivity index (χ1) is 0. The third kappa shape index (κ3) is 10.4. The molecule has 0 fully saturated rings. The van der Waals surface area contributed by atoms with E-state index in [1.54, 1.807) is 0 Å². The van der Waals surface area contributed by atoms with Crippen molar-refractivity contribution in [1.29, 1.82) is 0 Å². The van der Waals surface area contributed by atoms with Gasteiger partial charge in [-0.15, -0.1) is 0 Å². The normalized spacial score (nSPS) is 0. The number of rotatable bonds is 0. The molecule has 0 amide bonds. The van der Waals surface area contributed by atoms with Crippen molar-refractivity contribution in [3.8, 4) is 0 Å². The average Bonchev–Trinajstić information content (AvgIpc) is 0. The van der Waals surface area contributed by atoms with Gasteiger partial charge in [-0.05, 0) is 0 Å². The minimum absolute atomic E-state index is 0. The molecule has 4 heteroatoms. The molecule has 0 spiro atoms. The fourth-order valence-electron chi connectivity index (χ4n) is 0. The van der Waals surface area contributed by atoms with E-state index in [-0.39, 0.29) is 173 Å². The van der Waals surface area contributed by atoms with E-state index in [1.165, 1.54) is 0 Å². The van der Waals surface area contributed by atoms with Crippen molar-refractivity contribution in [2.24, 2.45) is 0 Å². The van der Waals surface area contributed by atoms with Gasteiger partial charge < -0.3 is 8.56 Å². The van der Waals surface area contributed by atoms with Gasteiger partial charge in [-0.1, -0.05) is 0 Å². The van der Waals surface area contributed by atoms with E-state index >= 15 is 0 Å². The van der Waals surface area contributed by atoms with E-state index in [9.17, 15) is 0 Å². The van der Waals surface area contributed by atoms with Crippen molar-refractivity contribution in [2.45, 2.75) is 0 Å². The van der Waals surface area contributed by atoms with Crippen molar-refractivity contribution in [3.05, 3.63) is 0 Å². The summed E-state index contributed by atoms with van der Waals surface area (Å²) in [6, 6.07) is 0. The van der Waals surface area contributed by atoms with Gasteiger partial charge >= 0.3 is 164 Å². The average molecular weight is 196 g/mol. The third-order valence-electron chi connectivity index (χ3n) is 0. The van der Waals surface area contributed by atoms with Crippen LogP contribution in [0.15, 0.2) is 0 Å². The minimum Gasteiger partial charge on any atom is -1.00 e. The topological polar surface area (TPSA) is 0 Å². The van der Waals surface area contributed by atoms with Crippen molar-refractivity contribution in [2.75, 3.05) is 0 Å². The molecule has 0 bridgehead atoms. The molecule has 0 saturated heterocycles. The molecule has 0 aliphatic rings.